The standard InChI is InChI=1S/C20H23N5O3S/c1-12-18(20(24-29-12)28-11-16-10-21-5-7-27-16)14-4-6-25-15(8-14)9-17(23-25)22-19(26)13-2-3-13/h4,6,8-9,13,16,21H,2-3,5,7,10-11H2,1H3,(H,22,23,26)/t16-/m1/s1. The predicted molar refractivity (Wildman–Crippen MR) is 110 cm³/mol. The van der Waals surface area contributed by atoms with E-state index >= 15 is 0 Å². The van der Waals surface area contributed by atoms with Gasteiger partial charge in [-0.3, -0.25) is 4.79 Å². The van der Waals surface area contributed by atoms with Gasteiger partial charge in [-0.2, -0.15) is 9.47 Å². The quantitative estimate of drug-likeness (QED) is 0.645. The average Bonchev–Trinajstić information content (AvgIpc) is 3.42. The van der Waals surface area contributed by atoms with E-state index in [9.17, 15) is 4.79 Å². The lowest BCUT2D eigenvalue weighted by molar-refractivity contribution is -0.117. The second kappa shape index (κ2) is 7.74. The third-order valence-corrected chi connectivity index (χ3v) is 5.93. The summed E-state index contributed by atoms with van der Waals surface area (Å²) >= 11 is 1.43. The molecule has 1 saturated heterocycles. The van der Waals surface area contributed by atoms with Gasteiger partial charge < -0.3 is 20.1 Å². The van der Waals surface area contributed by atoms with Gasteiger partial charge in [0.2, 0.25) is 11.8 Å². The second-order valence-electron chi connectivity index (χ2n) is 7.50. The molecule has 0 spiro atoms. The number of carbonyl (C=O) groups excluding carboxylic acids is 1. The second-order valence-corrected chi connectivity index (χ2v) is 8.48. The van der Waals surface area contributed by atoms with Gasteiger partial charge in [0.15, 0.2) is 5.82 Å². The molecule has 1 amide bonds. The molecule has 0 unspecified atom stereocenters. The number of pyridine rings is 1. The van der Waals surface area contributed by atoms with Gasteiger partial charge >= 0.3 is 0 Å². The molecule has 3 aromatic heterocycles. The van der Waals surface area contributed by atoms with Crippen molar-refractivity contribution in [3.8, 4) is 17.0 Å². The molecule has 1 aliphatic carbocycles. The van der Waals surface area contributed by atoms with Crippen LogP contribution in [0.5, 0.6) is 5.88 Å². The molecule has 5 rings (SSSR count). The number of nitrogens with one attached hydrogen (secondary N) is 2. The highest BCUT2D eigenvalue weighted by atomic mass is 32.1. The van der Waals surface area contributed by atoms with Gasteiger partial charge in [0.05, 0.1) is 17.7 Å². The molecule has 29 heavy (non-hydrogen) atoms. The van der Waals surface area contributed by atoms with E-state index in [2.05, 4.69) is 20.1 Å². The van der Waals surface area contributed by atoms with Gasteiger partial charge in [-0.25, -0.2) is 4.52 Å². The minimum Gasteiger partial charge on any atom is -0.474 e. The first-order valence-corrected chi connectivity index (χ1v) is 10.7. The van der Waals surface area contributed by atoms with Crippen molar-refractivity contribution in [3.63, 3.8) is 0 Å². The zero-order chi connectivity index (χ0) is 19.8. The molecule has 1 saturated carbocycles. The van der Waals surface area contributed by atoms with Crippen molar-refractivity contribution in [2.45, 2.75) is 25.9 Å². The van der Waals surface area contributed by atoms with E-state index in [1.165, 1.54) is 11.5 Å². The number of amides is 1. The SMILES string of the molecule is Cc1snc(OC[C@H]2CNCCO2)c1-c1ccn2nc(NC(=O)C3CC3)cc2c1. The molecule has 0 bridgehead atoms. The third-order valence-electron chi connectivity index (χ3n) is 5.19. The van der Waals surface area contributed by atoms with Gasteiger partial charge in [-0.1, -0.05) is 0 Å². The number of fused-ring (bicyclic) bond motifs is 1. The van der Waals surface area contributed by atoms with Crippen LogP contribution in [0, 0.1) is 12.8 Å². The van der Waals surface area contributed by atoms with Gasteiger partial charge in [-0.15, -0.1) is 0 Å². The van der Waals surface area contributed by atoms with Crippen molar-refractivity contribution < 1.29 is 14.3 Å². The van der Waals surface area contributed by atoms with Crippen LogP contribution in [0.3, 0.4) is 0 Å². The van der Waals surface area contributed by atoms with Crippen molar-refractivity contribution in [3.05, 3.63) is 29.3 Å². The molecule has 4 heterocycles. The summed E-state index contributed by atoms with van der Waals surface area (Å²) < 4.78 is 18.0. The summed E-state index contributed by atoms with van der Waals surface area (Å²) in [6.07, 6.45) is 3.87. The summed E-state index contributed by atoms with van der Waals surface area (Å²) in [5.74, 6) is 1.42. The van der Waals surface area contributed by atoms with Crippen LogP contribution in [0.4, 0.5) is 5.82 Å². The number of carbonyl (C=O) groups is 1. The highest BCUT2D eigenvalue weighted by Crippen LogP contribution is 2.36. The Kier molecular flexibility index (Phi) is 4.94. The van der Waals surface area contributed by atoms with Crippen LogP contribution < -0.4 is 15.4 Å². The van der Waals surface area contributed by atoms with Crippen LogP contribution >= 0.6 is 11.5 Å². The summed E-state index contributed by atoms with van der Waals surface area (Å²) in [5, 5.41) is 10.7. The van der Waals surface area contributed by atoms with Crippen LogP contribution in [0.2, 0.25) is 0 Å². The number of rotatable bonds is 6. The summed E-state index contributed by atoms with van der Waals surface area (Å²) in [6.45, 7) is 4.88. The van der Waals surface area contributed by atoms with E-state index in [4.69, 9.17) is 9.47 Å². The number of aryl methyl sites for hydroxylation is 1. The number of aromatic nitrogens is 3. The van der Waals surface area contributed by atoms with Crippen molar-refractivity contribution in [1.82, 2.24) is 19.3 Å². The van der Waals surface area contributed by atoms with Gasteiger partial charge in [0, 0.05) is 36.1 Å². The van der Waals surface area contributed by atoms with Crippen LogP contribution in [0.1, 0.15) is 17.7 Å². The Morgan fingerprint density at radius 2 is 2.34 bits per heavy atom. The predicted octanol–water partition coefficient (Wildman–Crippen LogP) is 2.48. The minimum absolute atomic E-state index is 0.0357. The fraction of sp³-hybridized carbons (Fsp3) is 0.450. The maximum absolute atomic E-state index is 12.0. The lowest BCUT2D eigenvalue weighted by Crippen LogP contribution is -2.41. The molecule has 2 fully saturated rings. The Balaban J connectivity index is 1.36. The maximum Gasteiger partial charge on any atom is 0.233 e. The number of nitrogens with zero attached hydrogens (tertiary/aromatic N) is 3. The Bertz CT molecular complexity index is 1040. The maximum atomic E-state index is 12.0. The Hall–Kier alpha value is -2.49. The van der Waals surface area contributed by atoms with Crippen LogP contribution in [0.15, 0.2) is 24.4 Å². The minimum atomic E-state index is 0.0357. The molecule has 2 N–H and O–H groups in total. The van der Waals surface area contributed by atoms with E-state index in [1.54, 1.807) is 4.52 Å². The first-order valence-electron chi connectivity index (χ1n) is 9.89. The molecule has 1 aliphatic heterocycles. The molecule has 152 valence electrons. The molecular weight excluding hydrogens is 390 g/mol. The van der Waals surface area contributed by atoms with Gasteiger partial charge in [0.1, 0.15) is 12.7 Å². The molecule has 1 atom stereocenters. The summed E-state index contributed by atoms with van der Waals surface area (Å²) in [7, 11) is 0. The summed E-state index contributed by atoms with van der Waals surface area (Å²) in [5.41, 5.74) is 2.91. The normalized spacial score (nSPS) is 19.4. The van der Waals surface area contributed by atoms with E-state index in [-0.39, 0.29) is 17.9 Å². The summed E-state index contributed by atoms with van der Waals surface area (Å²) in [6, 6.07) is 5.93. The molecule has 9 heteroatoms. The average molecular weight is 414 g/mol. The van der Waals surface area contributed by atoms with Crippen LogP contribution in [-0.2, 0) is 9.53 Å². The fourth-order valence-corrected chi connectivity index (χ4v) is 4.12. The molecular formula is C20H23N5O3S. The van der Waals surface area contributed by atoms with Crippen LogP contribution in [-0.4, -0.2) is 52.3 Å². The molecule has 0 aromatic carbocycles. The first-order chi connectivity index (χ1) is 14.2. The fourth-order valence-electron chi connectivity index (χ4n) is 3.46. The Labute approximate surface area is 172 Å². The van der Waals surface area contributed by atoms with E-state index in [1.807, 2.05) is 31.3 Å². The topological polar surface area (TPSA) is 89.8 Å². The molecule has 3 aromatic rings. The van der Waals surface area contributed by atoms with Gasteiger partial charge in [-0.05, 0) is 49.0 Å². The number of ether oxygens (including phenoxy) is 2. The van der Waals surface area contributed by atoms with Crippen LogP contribution in [0.25, 0.3) is 16.6 Å². The largest absolute Gasteiger partial charge is 0.474 e. The van der Waals surface area contributed by atoms with Crippen molar-refractivity contribution >= 4 is 28.8 Å². The van der Waals surface area contributed by atoms with Gasteiger partial charge in [0.25, 0.3) is 0 Å². The lowest BCUT2D eigenvalue weighted by atomic mass is 10.1. The monoisotopic (exact) mass is 413 g/mol. The van der Waals surface area contributed by atoms with E-state index in [0.717, 1.165) is 47.5 Å². The van der Waals surface area contributed by atoms with E-state index in [0.29, 0.717) is 24.9 Å². The number of hydrogen-bond donors (Lipinski definition) is 2. The molecule has 0 radical (unpaired) electrons. The summed E-state index contributed by atoms with van der Waals surface area (Å²) in [4.78, 5) is 13.1. The Morgan fingerprint density at radius 3 is 3.14 bits per heavy atom. The third kappa shape index (κ3) is 3.98. The van der Waals surface area contributed by atoms with Crippen molar-refractivity contribution in [2.75, 3.05) is 31.6 Å². The number of hydrogen-bond acceptors (Lipinski definition) is 7. The zero-order valence-electron chi connectivity index (χ0n) is 16.2. The smallest absolute Gasteiger partial charge is 0.233 e. The zero-order valence-corrected chi connectivity index (χ0v) is 17.0. The Morgan fingerprint density at radius 1 is 1.45 bits per heavy atom. The van der Waals surface area contributed by atoms with Crippen molar-refractivity contribution in [2.24, 2.45) is 5.92 Å². The lowest BCUT2D eigenvalue weighted by Gasteiger charge is -2.23. The number of morpholine rings is 1. The highest BCUT2D eigenvalue weighted by molar-refractivity contribution is 7.06. The molecule has 2 aliphatic rings. The first kappa shape index (κ1) is 18.5. The number of anilines is 1. The molecule has 8 nitrogen and oxygen atoms in total. The van der Waals surface area contributed by atoms with Crippen molar-refractivity contribution in [1.29, 1.82) is 0 Å². The highest BCUT2D eigenvalue weighted by Gasteiger charge is 2.30. The van der Waals surface area contributed by atoms with E-state index < -0.39 is 0 Å².